The van der Waals surface area contributed by atoms with Gasteiger partial charge in [0.2, 0.25) is 5.91 Å². The number of nitrogens with zero attached hydrogens (tertiary/aromatic N) is 2. The zero-order chi connectivity index (χ0) is 14.7. The van der Waals surface area contributed by atoms with Gasteiger partial charge < -0.3 is 11.1 Å². The van der Waals surface area contributed by atoms with E-state index in [1.165, 1.54) is 0 Å². The fourth-order valence-corrected chi connectivity index (χ4v) is 2.17. The van der Waals surface area contributed by atoms with Crippen LogP contribution in [-0.4, -0.2) is 15.7 Å². The molecule has 1 aromatic carbocycles. The molecule has 1 aromatic heterocycles. The average molecular weight is 272 g/mol. The zero-order valence-corrected chi connectivity index (χ0v) is 12.1. The normalized spacial score (nSPS) is 12.2. The number of nitrogens with two attached hydrogens (primary N) is 1. The van der Waals surface area contributed by atoms with Crippen molar-refractivity contribution >= 4 is 5.91 Å². The molecule has 0 bridgehead atoms. The smallest absolute Gasteiger partial charge is 0.241 e. The predicted octanol–water partition coefficient (Wildman–Crippen LogP) is 1.35. The van der Waals surface area contributed by atoms with E-state index in [-0.39, 0.29) is 5.91 Å². The second kappa shape index (κ2) is 5.88. The highest BCUT2D eigenvalue weighted by Gasteiger charge is 2.16. The van der Waals surface area contributed by atoms with Crippen LogP contribution < -0.4 is 11.1 Å². The van der Waals surface area contributed by atoms with Crippen molar-refractivity contribution in [2.45, 2.75) is 26.4 Å². The van der Waals surface area contributed by atoms with Crippen molar-refractivity contribution in [2.24, 2.45) is 12.8 Å². The Labute approximate surface area is 118 Å². The lowest BCUT2D eigenvalue weighted by molar-refractivity contribution is -0.122. The number of hydrogen-bond acceptors (Lipinski definition) is 3. The Kier molecular flexibility index (Phi) is 4.20. The van der Waals surface area contributed by atoms with Crippen LogP contribution in [0.2, 0.25) is 0 Å². The topological polar surface area (TPSA) is 72.9 Å². The van der Waals surface area contributed by atoms with Gasteiger partial charge in [0.25, 0.3) is 0 Å². The minimum Gasteiger partial charge on any atom is -0.350 e. The van der Waals surface area contributed by atoms with Crippen LogP contribution in [-0.2, 0) is 18.4 Å². The molecule has 1 atom stereocenters. The number of carbonyl (C=O) groups is 1. The molecule has 0 aliphatic carbocycles. The first-order valence-corrected chi connectivity index (χ1v) is 6.58. The van der Waals surface area contributed by atoms with Crippen LogP contribution in [0.3, 0.4) is 0 Å². The van der Waals surface area contributed by atoms with Crippen LogP contribution in [0, 0.1) is 13.8 Å². The largest absolute Gasteiger partial charge is 0.350 e. The van der Waals surface area contributed by atoms with Crippen LogP contribution in [0.5, 0.6) is 0 Å². The van der Waals surface area contributed by atoms with E-state index >= 15 is 0 Å². The monoisotopic (exact) mass is 272 g/mol. The van der Waals surface area contributed by atoms with Gasteiger partial charge >= 0.3 is 0 Å². The lowest BCUT2D eigenvalue weighted by Gasteiger charge is -2.12. The molecular formula is C15H20N4O. The SMILES string of the molecule is Cc1nn(C)c(C)c1CNC(=O)C(N)c1ccccc1. The molecule has 0 spiro atoms. The summed E-state index contributed by atoms with van der Waals surface area (Å²) in [5.41, 5.74) is 9.78. The lowest BCUT2D eigenvalue weighted by Crippen LogP contribution is -2.33. The van der Waals surface area contributed by atoms with Gasteiger partial charge in [-0.2, -0.15) is 5.10 Å². The van der Waals surface area contributed by atoms with Gasteiger partial charge in [0.15, 0.2) is 0 Å². The zero-order valence-electron chi connectivity index (χ0n) is 12.1. The van der Waals surface area contributed by atoms with E-state index < -0.39 is 6.04 Å². The van der Waals surface area contributed by atoms with Gasteiger partial charge in [-0.1, -0.05) is 30.3 Å². The molecular weight excluding hydrogens is 252 g/mol. The molecule has 2 aromatic rings. The molecule has 106 valence electrons. The molecule has 20 heavy (non-hydrogen) atoms. The molecule has 0 aliphatic rings. The van der Waals surface area contributed by atoms with Crippen LogP contribution >= 0.6 is 0 Å². The van der Waals surface area contributed by atoms with Crippen molar-refractivity contribution in [3.8, 4) is 0 Å². The van der Waals surface area contributed by atoms with Crippen molar-refractivity contribution in [2.75, 3.05) is 0 Å². The summed E-state index contributed by atoms with van der Waals surface area (Å²) in [7, 11) is 1.89. The Morgan fingerprint density at radius 3 is 2.55 bits per heavy atom. The third-order valence-electron chi connectivity index (χ3n) is 3.54. The number of aryl methyl sites for hydroxylation is 2. The molecule has 5 heteroatoms. The molecule has 0 saturated heterocycles. The van der Waals surface area contributed by atoms with E-state index in [9.17, 15) is 4.79 Å². The minimum atomic E-state index is -0.645. The maximum atomic E-state index is 12.1. The summed E-state index contributed by atoms with van der Waals surface area (Å²) >= 11 is 0. The van der Waals surface area contributed by atoms with Crippen LogP contribution in [0.25, 0.3) is 0 Å². The number of nitrogens with one attached hydrogen (secondary N) is 1. The fourth-order valence-electron chi connectivity index (χ4n) is 2.17. The summed E-state index contributed by atoms with van der Waals surface area (Å²) in [6.07, 6.45) is 0. The van der Waals surface area contributed by atoms with E-state index in [1.807, 2.05) is 55.9 Å². The summed E-state index contributed by atoms with van der Waals surface area (Å²) in [5.74, 6) is -0.182. The van der Waals surface area contributed by atoms with Gasteiger partial charge in [-0.25, -0.2) is 0 Å². The van der Waals surface area contributed by atoms with Gasteiger partial charge in [0.1, 0.15) is 6.04 Å². The summed E-state index contributed by atoms with van der Waals surface area (Å²) in [4.78, 5) is 12.1. The molecule has 0 saturated carbocycles. The molecule has 1 amide bonds. The maximum Gasteiger partial charge on any atom is 0.241 e. The third-order valence-corrected chi connectivity index (χ3v) is 3.54. The van der Waals surface area contributed by atoms with E-state index in [2.05, 4.69) is 10.4 Å². The highest BCUT2D eigenvalue weighted by Crippen LogP contribution is 2.13. The van der Waals surface area contributed by atoms with Gasteiger partial charge in [-0.3, -0.25) is 9.48 Å². The molecule has 0 fully saturated rings. The molecule has 5 nitrogen and oxygen atoms in total. The van der Waals surface area contributed by atoms with Crippen molar-refractivity contribution in [3.63, 3.8) is 0 Å². The quantitative estimate of drug-likeness (QED) is 0.882. The summed E-state index contributed by atoms with van der Waals surface area (Å²) < 4.78 is 1.81. The van der Waals surface area contributed by atoms with Crippen molar-refractivity contribution in [1.29, 1.82) is 0 Å². The van der Waals surface area contributed by atoms with E-state index in [0.29, 0.717) is 6.54 Å². The minimum absolute atomic E-state index is 0.182. The first-order valence-electron chi connectivity index (χ1n) is 6.58. The number of benzene rings is 1. The highest BCUT2D eigenvalue weighted by molar-refractivity contribution is 5.82. The highest BCUT2D eigenvalue weighted by atomic mass is 16.2. The number of rotatable bonds is 4. The molecule has 0 radical (unpaired) electrons. The van der Waals surface area contributed by atoms with Crippen LogP contribution in [0.15, 0.2) is 30.3 Å². The van der Waals surface area contributed by atoms with Crippen molar-refractivity contribution < 1.29 is 4.79 Å². The Morgan fingerprint density at radius 2 is 2.00 bits per heavy atom. The Morgan fingerprint density at radius 1 is 1.35 bits per heavy atom. The second-order valence-electron chi connectivity index (χ2n) is 4.88. The van der Waals surface area contributed by atoms with E-state index in [1.54, 1.807) is 0 Å². The molecule has 0 aliphatic heterocycles. The van der Waals surface area contributed by atoms with Gasteiger partial charge in [-0.05, 0) is 19.4 Å². The first kappa shape index (κ1) is 14.3. The third kappa shape index (κ3) is 2.88. The molecule has 2 rings (SSSR count). The maximum absolute atomic E-state index is 12.1. The van der Waals surface area contributed by atoms with Gasteiger partial charge in [-0.15, -0.1) is 0 Å². The Balaban J connectivity index is 2.02. The average Bonchev–Trinajstić information content (AvgIpc) is 2.70. The lowest BCUT2D eigenvalue weighted by atomic mass is 10.1. The van der Waals surface area contributed by atoms with Gasteiger partial charge in [0, 0.05) is 24.8 Å². The van der Waals surface area contributed by atoms with Gasteiger partial charge in [0.05, 0.1) is 5.69 Å². The second-order valence-corrected chi connectivity index (χ2v) is 4.88. The summed E-state index contributed by atoms with van der Waals surface area (Å²) in [5, 5.41) is 7.20. The van der Waals surface area contributed by atoms with Crippen LogP contribution in [0.1, 0.15) is 28.6 Å². The van der Waals surface area contributed by atoms with Crippen molar-refractivity contribution in [3.05, 3.63) is 52.8 Å². The number of carbonyl (C=O) groups excluding carboxylic acids is 1. The standard InChI is InChI=1S/C15H20N4O/c1-10-13(11(2)19(3)18-10)9-17-15(20)14(16)12-7-5-4-6-8-12/h4-8,14H,9,16H2,1-3H3,(H,17,20). The number of amides is 1. The molecule has 1 unspecified atom stereocenters. The van der Waals surface area contributed by atoms with E-state index in [0.717, 1.165) is 22.5 Å². The fraction of sp³-hybridized carbons (Fsp3) is 0.333. The Bertz CT molecular complexity index is 604. The number of aromatic nitrogens is 2. The number of hydrogen-bond donors (Lipinski definition) is 2. The predicted molar refractivity (Wildman–Crippen MR) is 77.9 cm³/mol. The first-order chi connectivity index (χ1) is 9.50. The van der Waals surface area contributed by atoms with Crippen molar-refractivity contribution in [1.82, 2.24) is 15.1 Å². The molecule has 1 heterocycles. The summed E-state index contributed by atoms with van der Waals surface area (Å²) in [6.45, 7) is 4.37. The van der Waals surface area contributed by atoms with E-state index in [4.69, 9.17) is 5.73 Å². The summed E-state index contributed by atoms with van der Waals surface area (Å²) in [6, 6.07) is 8.70. The Hall–Kier alpha value is -2.14. The van der Waals surface area contributed by atoms with Crippen LogP contribution in [0.4, 0.5) is 0 Å². The molecule has 3 N–H and O–H groups in total.